The van der Waals surface area contributed by atoms with Gasteiger partial charge in [0.25, 0.3) is 0 Å². The van der Waals surface area contributed by atoms with Crippen LogP contribution in [-0.2, 0) is 5.60 Å². The standard InChI is InChI=1S/C15H17NO/c1-15(17,13-8-4-2-5-9-13)12-16-14-10-6-3-7-11-14/h2-11,16-17H,12H2,1H3. The van der Waals surface area contributed by atoms with Crippen LogP contribution in [0.4, 0.5) is 5.69 Å². The Bertz CT molecular complexity index is 451. The summed E-state index contributed by atoms with van der Waals surface area (Å²) >= 11 is 0. The minimum Gasteiger partial charge on any atom is -0.384 e. The highest BCUT2D eigenvalue weighted by molar-refractivity contribution is 5.43. The highest BCUT2D eigenvalue weighted by Gasteiger charge is 2.22. The molecular formula is C15H17NO. The smallest absolute Gasteiger partial charge is 0.104 e. The van der Waals surface area contributed by atoms with E-state index in [0.717, 1.165) is 11.3 Å². The number of benzene rings is 2. The quantitative estimate of drug-likeness (QED) is 0.841. The number of rotatable bonds is 4. The maximum absolute atomic E-state index is 10.4. The molecule has 0 saturated carbocycles. The number of nitrogens with one attached hydrogen (secondary N) is 1. The number of aliphatic hydroxyl groups is 1. The van der Waals surface area contributed by atoms with Gasteiger partial charge in [0.15, 0.2) is 0 Å². The Labute approximate surface area is 102 Å². The van der Waals surface area contributed by atoms with Crippen LogP contribution < -0.4 is 5.32 Å². The van der Waals surface area contributed by atoms with Gasteiger partial charge in [-0.15, -0.1) is 0 Å². The fourth-order valence-electron chi connectivity index (χ4n) is 1.73. The fraction of sp³-hybridized carbons (Fsp3) is 0.200. The summed E-state index contributed by atoms with van der Waals surface area (Å²) in [7, 11) is 0. The minimum absolute atomic E-state index is 0.487. The van der Waals surface area contributed by atoms with E-state index in [1.54, 1.807) is 0 Å². The molecular weight excluding hydrogens is 210 g/mol. The zero-order valence-electron chi connectivity index (χ0n) is 9.93. The van der Waals surface area contributed by atoms with Crippen LogP contribution in [0.3, 0.4) is 0 Å². The molecule has 0 aliphatic rings. The van der Waals surface area contributed by atoms with Crippen molar-refractivity contribution in [2.24, 2.45) is 0 Å². The van der Waals surface area contributed by atoms with Gasteiger partial charge in [0.2, 0.25) is 0 Å². The van der Waals surface area contributed by atoms with Gasteiger partial charge in [0.05, 0.1) is 0 Å². The second-order valence-electron chi connectivity index (χ2n) is 4.36. The second kappa shape index (κ2) is 5.02. The van der Waals surface area contributed by atoms with Crippen molar-refractivity contribution in [1.29, 1.82) is 0 Å². The second-order valence-corrected chi connectivity index (χ2v) is 4.36. The molecule has 0 amide bonds. The zero-order valence-corrected chi connectivity index (χ0v) is 9.93. The van der Waals surface area contributed by atoms with Crippen molar-refractivity contribution in [3.8, 4) is 0 Å². The lowest BCUT2D eigenvalue weighted by atomic mass is 9.96. The summed E-state index contributed by atoms with van der Waals surface area (Å²) in [4.78, 5) is 0. The Morgan fingerprint density at radius 3 is 2.06 bits per heavy atom. The summed E-state index contributed by atoms with van der Waals surface area (Å²) in [6, 6.07) is 19.6. The molecule has 1 atom stereocenters. The third-order valence-corrected chi connectivity index (χ3v) is 2.81. The van der Waals surface area contributed by atoms with Crippen LogP contribution in [0.15, 0.2) is 60.7 Å². The third-order valence-electron chi connectivity index (χ3n) is 2.81. The van der Waals surface area contributed by atoms with E-state index < -0.39 is 5.60 Å². The van der Waals surface area contributed by atoms with Crippen molar-refractivity contribution in [2.75, 3.05) is 11.9 Å². The molecule has 0 heterocycles. The normalized spacial score (nSPS) is 14.0. The van der Waals surface area contributed by atoms with E-state index in [2.05, 4.69) is 5.32 Å². The Kier molecular flexibility index (Phi) is 3.45. The summed E-state index contributed by atoms with van der Waals surface area (Å²) in [5, 5.41) is 13.6. The highest BCUT2D eigenvalue weighted by Crippen LogP contribution is 2.20. The van der Waals surface area contributed by atoms with Crippen molar-refractivity contribution in [3.05, 3.63) is 66.2 Å². The molecule has 2 aromatic rings. The molecule has 0 radical (unpaired) electrons. The lowest BCUT2D eigenvalue weighted by Crippen LogP contribution is -2.30. The van der Waals surface area contributed by atoms with Crippen molar-refractivity contribution in [2.45, 2.75) is 12.5 Å². The molecule has 88 valence electrons. The van der Waals surface area contributed by atoms with E-state index in [4.69, 9.17) is 0 Å². The van der Waals surface area contributed by atoms with Crippen LogP contribution in [-0.4, -0.2) is 11.7 Å². The Morgan fingerprint density at radius 1 is 0.941 bits per heavy atom. The van der Waals surface area contributed by atoms with Crippen molar-refractivity contribution in [1.82, 2.24) is 0 Å². The molecule has 0 fully saturated rings. The van der Waals surface area contributed by atoms with Crippen LogP contribution in [0.25, 0.3) is 0 Å². The summed E-state index contributed by atoms with van der Waals surface area (Å²) in [5.41, 5.74) is 1.07. The monoisotopic (exact) mass is 227 g/mol. The molecule has 0 aromatic heterocycles. The van der Waals surface area contributed by atoms with Crippen molar-refractivity contribution >= 4 is 5.69 Å². The summed E-state index contributed by atoms with van der Waals surface area (Å²) in [6.07, 6.45) is 0. The Balaban J connectivity index is 2.03. The van der Waals surface area contributed by atoms with Crippen LogP contribution >= 0.6 is 0 Å². The van der Waals surface area contributed by atoms with Gasteiger partial charge in [-0.2, -0.15) is 0 Å². The molecule has 0 saturated heterocycles. The Hall–Kier alpha value is -1.80. The average Bonchev–Trinajstić information content (AvgIpc) is 2.39. The fourth-order valence-corrected chi connectivity index (χ4v) is 1.73. The van der Waals surface area contributed by atoms with E-state index >= 15 is 0 Å². The number of hydrogen-bond acceptors (Lipinski definition) is 2. The van der Waals surface area contributed by atoms with Crippen LogP contribution in [0.2, 0.25) is 0 Å². The first-order chi connectivity index (χ1) is 8.18. The largest absolute Gasteiger partial charge is 0.384 e. The number of hydrogen-bond donors (Lipinski definition) is 2. The number of para-hydroxylation sites is 1. The maximum Gasteiger partial charge on any atom is 0.104 e. The zero-order chi connectivity index (χ0) is 12.1. The van der Waals surface area contributed by atoms with Crippen LogP contribution in [0.1, 0.15) is 12.5 Å². The van der Waals surface area contributed by atoms with Gasteiger partial charge in [0, 0.05) is 12.2 Å². The van der Waals surface area contributed by atoms with Gasteiger partial charge in [-0.3, -0.25) is 0 Å². The number of anilines is 1. The maximum atomic E-state index is 10.4. The predicted molar refractivity (Wildman–Crippen MR) is 70.9 cm³/mol. The van der Waals surface area contributed by atoms with Gasteiger partial charge in [-0.05, 0) is 24.6 Å². The molecule has 0 aliphatic carbocycles. The molecule has 17 heavy (non-hydrogen) atoms. The van der Waals surface area contributed by atoms with Crippen LogP contribution in [0.5, 0.6) is 0 Å². The van der Waals surface area contributed by atoms with E-state index in [1.807, 2.05) is 67.6 Å². The van der Waals surface area contributed by atoms with Gasteiger partial charge in [-0.25, -0.2) is 0 Å². The SMILES string of the molecule is CC(O)(CNc1ccccc1)c1ccccc1. The lowest BCUT2D eigenvalue weighted by molar-refractivity contribution is 0.0715. The lowest BCUT2D eigenvalue weighted by Gasteiger charge is -2.24. The first kappa shape index (κ1) is 11.7. The van der Waals surface area contributed by atoms with E-state index in [1.165, 1.54) is 0 Å². The molecule has 2 nitrogen and oxygen atoms in total. The molecule has 2 aromatic carbocycles. The van der Waals surface area contributed by atoms with Gasteiger partial charge in [0.1, 0.15) is 5.60 Å². The molecule has 2 heteroatoms. The molecule has 0 aliphatic heterocycles. The highest BCUT2D eigenvalue weighted by atomic mass is 16.3. The summed E-state index contributed by atoms with van der Waals surface area (Å²) < 4.78 is 0. The minimum atomic E-state index is -0.864. The average molecular weight is 227 g/mol. The van der Waals surface area contributed by atoms with Crippen molar-refractivity contribution in [3.63, 3.8) is 0 Å². The van der Waals surface area contributed by atoms with Gasteiger partial charge in [-0.1, -0.05) is 48.5 Å². The first-order valence-corrected chi connectivity index (χ1v) is 5.75. The van der Waals surface area contributed by atoms with E-state index in [0.29, 0.717) is 6.54 Å². The molecule has 1 unspecified atom stereocenters. The van der Waals surface area contributed by atoms with Crippen molar-refractivity contribution < 1.29 is 5.11 Å². The van der Waals surface area contributed by atoms with E-state index in [-0.39, 0.29) is 0 Å². The van der Waals surface area contributed by atoms with Crippen LogP contribution in [0, 0.1) is 0 Å². The summed E-state index contributed by atoms with van der Waals surface area (Å²) in [6.45, 7) is 2.30. The van der Waals surface area contributed by atoms with Gasteiger partial charge >= 0.3 is 0 Å². The predicted octanol–water partition coefficient (Wildman–Crippen LogP) is 3.01. The molecule has 2 rings (SSSR count). The Morgan fingerprint density at radius 2 is 1.47 bits per heavy atom. The van der Waals surface area contributed by atoms with E-state index in [9.17, 15) is 5.11 Å². The molecule has 0 bridgehead atoms. The summed E-state index contributed by atoms with van der Waals surface area (Å²) in [5.74, 6) is 0. The third kappa shape index (κ3) is 3.08. The first-order valence-electron chi connectivity index (χ1n) is 5.75. The van der Waals surface area contributed by atoms with Gasteiger partial charge < -0.3 is 10.4 Å². The molecule has 2 N–H and O–H groups in total. The molecule has 0 spiro atoms. The topological polar surface area (TPSA) is 32.3 Å².